The van der Waals surface area contributed by atoms with E-state index in [-0.39, 0.29) is 5.82 Å². The molecule has 0 bridgehead atoms. The summed E-state index contributed by atoms with van der Waals surface area (Å²) < 4.78 is 20.8. The first-order chi connectivity index (χ1) is 14.2. The summed E-state index contributed by atoms with van der Waals surface area (Å²) in [5.41, 5.74) is 7.48. The fourth-order valence-corrected chi connectivity index (χ4v) is 3.03. The number of hydrogen-bond donors (Lipinski definition) is 3. The average molecular weight is 432 g/mol. The van der Waals surface area contributed by atoms with Crippen molar-refractivity contribution in [3.8, 4) is 17.0 Å². The molecule has 9 heteroatoms. The zero-order chi connectivity index (χ0) is 21.9. The van der Waals surface area contributed by atoms with Crippen molar-refractivity contribution in [2.75, 3.05) is 17.2 Å². The molecule has 0 saturated carbocycles. The maximum Gasteiger partial charge on any atom is 0.323 e. The lowest BCUT2D eigenvalue weighted by atomic mass is 10.1. The number of benzene rings is 2. The lowest BCUT2D eigenvalue weighted by molar-refractivity contribution is 0.119. The molecular formula is C21H23ClFN5O2. The molecule has 0 unspecified atom stereocenters. The Morgan fingerprint density at radius 2 is 1.83 bits per heavy atom. The zero-order valence-corrected chi connectivity index (χ0v) is 17.6. The van der Waals surface area contributed by atoms with Gasteiger partial charge in [0.15, 0.2) is 0 Å². The number of halogens is 2. The Morgan fingerprint density at radius 1 is 1.20 bits per heavy atom. The molecule has 158 valence electrons. The topological polar surface area (TPSA) is 94.2 Å². The quantitative estimate of drug-likeness (QED) is 0.530. The number of hydrogen-bond acceptors (Lipinski definition) is 4. The minimum absolute atomic E-state index is 0.311. The number of nitrogens with two attached hydrogens (primary N) is 1. The lowest BCUT2D eigenvalue weighted by Gasteiger charge is -2.26. The number of nitrogens with zero attached hydrogens (tertiary/aromatic N) is 2. The van der Waals surface area contributed by atoms with E-state index in [0.717, 1.165) is 0 Å². The summed E-state index contributed by atoms with van der Waals surface area (Å²) in [4.78, 5) is 12.4. The third kappa shape index (κ3) is 5.08. The molecule has 2 amide bonds. The van der Waals surface area contributed by atoms with Crippen LogP contribution in [-0.2, 0) is 7.05 Å². The number of aromatic nitrogens is 2. The van der Waals surface area contributed by atoms with E-state index in [1.54, 1.807) is 29.9 Å². The second-order valence-electron chi connectivity index (χ2n) is 7.33. The standard InChI is InChI=1S/C21H23ClFN5O2/c1-21(2,12-24)30-18-9-8-15(10-16(18)19-17(22)11-25-28(19)3)27-20(29)26-14-6-4-13(23)5-7-14/h4-11H,12,24H2,1-3H3,(H2,26,27,29). The van der Waals surface area contributed by atoms with Gasteiger partial charge < -0.3 is 21.1 Å². The molecule has 2 aromatic carbocycles. The van der Waals surface area contributed by atoms with E-state index in [4.69, 9.17) is 22.1 Å². The minimum Gasteiger partial charge on any atom is -0.486 e. The molecule has 3 rings (SSSR count). The number of amides is 2. The molecule has 1 aromatic heterocycles. The second-order valence-corrected chi connectivity index (χ2v) is 7.73. The van der Waals surface area contributed by atoms with Crippen molar-refractivity contribution in [3.05, 3.63) is 59.5 Å². The molecule has 0 aliphatic rings. The Labute approximate surface area is 179 Å². The van der Waals surface area contributed by atoms with Gasteiger partial charge in [-0.15, -0.1) is 0 Å². The molecule has 30 heavy (non-hydrogen) atoms. The van der Waals surface area contributed by atoms with Crippen LogP contribution < -0.4 is 21.1 Å². The number of urea groups is 1. The Hall–Kier alpha value is -3.10. The van der Waals surface area contributed by atoms with Crippen LogP contribution in [0.3, 0.4) is 0 Å². The van der Waals surface area contributed by atoms with Crippen molar-refractivity contribution in [3.63, 3.8) is 0 Å². The molecule has 0 aliphatic carbocycles. The van der Waals surface area contributed by atoms with E-state index >= 15 is 0 Å². The summed E-state index contributed by atoms with van der Waals surface area (Å²) in [7, 11) is 1.76. The van der Waals surface area contributed by atoms with Crippen LogP contribution in [0.2, 0.25) is 5.02 Å². The van der Waals surface area contributed by atoms with E-state index in [0.29, 0.717) is 39.9 Å². The van der Waals surface area contributed by atoms with Crippen molar-refractivity contribution in [1.82, 2.24) is 9.78 Å². The van der Waals surface area contributed by atoms with Gasteiger partial charge in [-0.25, -0.2) is 9.18 Å². The Bertz CT molecular complexity index is 1030. The number of ether oxygens (including phenoxy) is 1. The van der Waals surface area contributed by atoms with Gasteiger partial charge in [-0.3, -0.25) is 4.68 Å². The number of nitrogens with one attached hydrogen (secondary N) is 2. The van der Waals surface area contributed by atoms with Gasteiger partial charge in [0, 0.05) is 30.5 Å². The van der Waals surface area contributed by atoms with Crippen LogP contribution in [0, 0.1) is 5.82 Å². The van der Waals surface area contributed by atoms with Crippen molar-refractivity contribution < 1.29 is 13.9 Å². The van der Waals surface area contributed by atoms with E-state index in [1.165, 1.54) is 30.5 Å². The number of carbonyl (C=O) groups is 1. The number of rotatable bonds is 6. The Balaban J connectivity index is 1.90. The van der Waals surface area contributed by atoms with E-state index in [2.05, 4.69) is 15.7 Å². The third-order valence-corrected chi connectivity index (χ3v) is 4.64. The Morgan fingerprint density at radius 3 is 2.43 bits per heavy atom. The van der Waals surface area contributed by atoms with Crippen molar-refractivity contribution in [1.29, 1.82) is 0 Å². The highest BCUT2D eigenvalue weighted by Gasteiger charge is 2.22. The van der Waals surface area contributed by atoms with Gasteiger partial charge in [-0.2, -0.15) is 5.10 Å². The van der Waals surface area contributed by atoms with Gasteiger partial charge in [0.05, 0.1) is 16.9 Å². The smallest absolute Gasteiger partial charge is 0.323 e. The monoisotopic (exact) mass is 431 g/mol. The molecule has 0 saturated heterocycles. The lowest BCUT2D eigenvalue weighted by Crippen LogP contribution is -2.37. The van der Waals surface area contributed by atoms with Gasteiger partial charge >= 0.3 is 6.03 Å². The molecule has 4 N–H and O–H groups in total. The summed E-state index contributed by atoms with van der Waals surface area (Å²) in [6.45, 7) is 4.07. The van der Waals surface area contributed by atoms with Crippen LogP contribution >= 0.6 is 11.6 Å². The van der Waals surface area contributed by atoms with Gasteiger partial charge in [0.2, 0.25) is 0 Å². The van der Waals surface area contributed by atoms with E-state index < -0.39 is 11.6 Å². The molecule has 7 nitrogen and oxygen atoms in total. The first kappa shape index (κ1) is 21.6. The Kier molecular flexibility index (Phi) is 6.28. The normalized spacial score (nSPS) is 11.3. The van der Waals surface area contributed by atoms with Crippen molar-refractivity contribution >= 4 is 29.0 Å². The molecule has 0 aliphatic heterocycles. The number of aryl methyl sites for hydroxylation is 1. The van der Waals surface area contributed by atoms with Gasteiger partial charge in [-0.05, 0) is 56.3 Å². The first-order valence-corrected chi connectivity index (χ1v) is 9.61. The minimum atomic E-state index is -0.602. The molecular weight excluding hydrogens is 409 g/mol. The van der Waals surface area contributed by atoms with Crippen LogP contribution in [-0.4, -0.2) is 28.0 Å². The van der Waals surface area contributed by atoms with Crippen molar-refractivity contribution in [2.24, 2.45) is 12.8 Å². The molecule has 0 atom stereocenters. The van der Waals surface area contributed by atoms with Gasteiger partial charge in [-0.1, -0.05) is 11.6 Å². The van der Waals surface area contributed by atoms with Crippen LogP contribution in [0.5, 0.6) is 5.75 Å². The summed E-state index contributed by atoms with van der Waals surface area (Å²) in [5.74, 6) is 0.176. The molecule has 0 radical (unpaired) electrons. The fourth-order valence-electron chi connectivity index (χ4n) is 2.76. The highest BCUT2D eigenvalue weighted by molar-refractivity contribution is 6.33. The van der Waals surface area contributed by atoms with Crippen LogP contribution in [0.1, 0.15) is 13.8 Å². The van der Waals surface area contributed by atoms with Crippen molar-refractivity contribution in [2.45, 2.75) is 19.4 Å². The van der Waals surface area contributed by atoms with E-state index in [9.17, 15) is 9.18 Å². The van der Waals surface area contributed by atoms with Gasteiger partial charge in [0.25, 0.3) is 0 Å². The summed E-state index contributed by atoms with van der Waals surface area (Å²) >= 11 is 6.34. The predicted octanol–water partition coefficient (Wildman–Crippen LogP) is 4.64. The summed E-state index contributed by atoms with van der Waals surface area (Å²) in [6, 6.07) is 10.2. The third-order valence-electron chi connectivity index (χ3n) is 4.37. The second kappa shape index (κ2) is 8.73. The SMILES string of the molecule is Cn1ncc(Cl)c1-c1cc(NC(=O)Nc2ccc(F)cc2)ccc1OC(C)(C)CN. The number of anilines is 2. The number of carbonyl (C=O) groups excluding carboxylic acids is 1. The molecule has 0 spiro atoms. The largest absolute Gasteiger partial charge is 0.486 e. The molecule has 0 fully saturated rings. The van der Waals surface area contributed by atoms with Crippen LogP contribution in [0.15, 0.2) is 48.7 Å². The molecule has 1 heterocycles. The van der Waals surface area contributed by atoms with E-state index in [1.807, 2.05) is 13.8 Å². The summed E-state index contributed by atoms with van der Waals surface area (Å²) in [5, 5.41) is 10.0. The maximum atomic E-state index is 13.0. The predicted molar refractivity (Wildman–Crippen MR) is 116 cm³/mol. The highest BCUT2D eigenvalue weighted by Crippen LogP contribution is 2.38. The molecule has 3 aromatic rings. The zero-order valence-electron chi connectivity index (χ0n) is 16.9. The summed E-state index contributed by atoms with van der Waals surface area (Å²) in [6.07, 6.45) is 1.54. The van der Waals surface area contributed by atoms with Gasteiger partial charge in [0.1, 0.15) is 17.2 Å². The fraction of sp³-hybridized carbons (Fsp3) is 0.238. The maximum absolute atomic E-state index is 13.0. The average Bonchev–Trinajstić information content (AvgIpc) is 3.03. The van der Waals surface area contributed by atoms with Crippen LogP contribution in [0.4, 0.5) is 20.6 Å². The highest BCUT2D eigenvalue weighted by atomic mass is 35.5. The van der Waals surface area contributed by atoms with Crippen LogP contribution in [0.25, 0.3) is 11.3 Å². The first-order valence-electron chi connectivity index (χ1n) is 9.23.